The van der Waals surface area contributed by atoms with E-state index in [1.165, 1.54) is 97.1 Å². The molecule has 0 saturated carbocycles. The molecular weight excluding hydrogens is 1400 g/mol. The number of H-pyrrole nitrogens is 2. The maximum Gasteiger partial charge on any atom is 0.200 e. The molecule has 2 aromatic heterocycles. The van der Waals surface area contributed by atoms with Gasteiger partial charge in [-0.05, 0) is 145 Å². The maximum atomic E-state index is 17.0. The van der Waals surface area contributed by atoms with Crippen molar-refractivity contribution in [2.45, 2.75) is 47.6 Å². The molecule has 27 heteroatoms. The van der Waals surface area contributed by atoms with Gasteiger partial charge in [-0.3, -0.25) is 0 Å². The third kappa shape index (κ3) is 12.3. The van der Waals surface area contributed by atoms with Crippen LogP contribution in [-0.2, 0) is 0 Å². The van der Waals surface area contributed by atoms with Crippen LogP contribution in [0.5, 0.6) is 34.5 Å². The Hall–Kier alpha value is -11.9. The predicted octanol–water partition coefficient (Wildman–Crippen LogP) is 16.8. The van der Waals surface area contributed by atoms with Crippen LogP contribution in [0.15, 0.2) is 165 Å². The van der Waals surface area contributed by atoms with Crippen LogP contribution in [0.25, 0.3) is 33.4 Å². The van der Waals surface area contributed by atoms with Crippen molar-refractivity contribution in [2.75, 3.05) is 39.6 Å². The minimum Gasteiger partial charge on any atom is -0.493 e. The number of allylic oxidation sites excluding steroid dienone is 8. The Labute approximate surface area is 587 Å². The molecule has 105 heavy (non-hydrogen) atoms. The Morgan fingerprint density at radius 2 is 0.600 bits per heavy atom. The fraction of sp³-hybridized carbons (Fsp3) is 0.167. The van der Waals surface area contributed by atoms with E-state index in [1.54, 1.807) is 59.7 Å². The lowest BCUT2D eigenvalue weighted by Crippen LogP contribution is -2.26. The quantitative estimate of drug-likeness (QED) is 0.0442. The summed E-state index contributed by atoms with van der Waals surface area (Å²) >= 11 is 0. The van der Waals surface area contributed by atoms with Crippen LogP contribution in [0, 0.1) is 87.3 Å². The molecule has 0 spiro atoms. The number of nitrogens with one attached hydrogen (secondary N) is 3. The van der Waals surface area contributed by atoms with E-state index in [4.69, 9.17) is 43.4 Å². The second-order valence-corrected chi connectivity index (χ2v) is 23.2. The van der Waals surface area contributed by atoms with E-state index in [-0.39, 0.29) is 141 Å². The van der Waals surface area contributed by atoms with E-state index in [0.29, 0.717) is 0 Å². The zero-order chi connectivity index (χ0) is 74.6. The first-order valence-electron chi connectivity index (χ1n) is 32.7. The van der Waals surface area contributed by atoms with Crippen molar-refractivity contribution in [1.29, 1.82) is 0 Å². The molecule has 6 aromatic carbocycles. The average Bonchev–Trinajstić information content (AvgIpc) is 1.64. The molecule has 1 atom stereocenters. The summed E-state index contributed by atoms with van der Waals surface area (Å²) < 4.78 is 281. The van der Waals surface area contributed by atoms with E-state index < -0.39 is 155 Å². The van der Waals surface area contributed by atoms with Gasteiger partial charge in [0.2, 0.25) is 17.5 Å². The van der Waals surface area contributed by atoms with Gasteiger partial charge in [0.05, 0.1) is 113 Å². The predicted molar refractivity (Wildman–Crippen MR) is 363 cm³/mol. The third-order valence-corrected chi connectivity index (χ3v) is 17.2. The third-order valence-electron chi connectivity index (χ3n) is 17.2. The Morgan fingerprint density at radius 3 is 1.00 bits per heavy atom. The van der Waals surface area contributed by atoms with Gasteiger partial charge in [-0.1, -0.05) is 24.3 Å². The van der Waals surface area contributed by atoms with E-state index in [1.807, 2.05) is 0 Å². The van der Waals surface area contributed by atoms with Gasteiger partial charge in [-0.25, -0.2) is 80.8 Å². The summed E-state index contributed by atoms with van der Waals surface area (Å²) in [6.45, 7) is 9.78. The van der Waals surface area contributed by atoms with Crippen molar-refractivity contribution in [2.24, 2.45) is 15.0 Å². The van der Waals surface area contributed by atoms with E-state index in [0.717, 1.165) is 12.2 Å². The molecular formula is C78H55F15N6O6. The molecule has 5 aliphatic heterocycles. The van der Waals surface area contributed by atoms with Crippen molar-refractivity contribution < 1.29 is 94.3 Å². The van der Waals surface area contributed by atoms with Crippen LogP contribution in [0.3, 0.4) is 0 Å². The Bertz CT molecular complexity index is 5360. The van der Waals surface area contributed by atoms with Crippen molar-refractivity contribution in [1.82, 2.24) is 15.3 Å². The second kappa shape index (κ2) is 29.1. The highest BCUT2D eigenvalue weighted by Gasteiger charge is 2.39. The number of aliphatic imine (C=N–C) groups is 3. The minimum atomic E-state index is -2.53. The second-order valence-electron chi connectivity index (χ2n) is 23.2. The molecule has 0 amide bonds. The van der Waals surface area contributed by atoms with Crippen LogP contribution in [0.2, 0.25) is 0 Å². The average molecular weight is 1460 g/mol. The molecule has 0 saturated heterocycles. The number of aromatic nitrogens is 2. The first kappa shape index (κ1) is 71.5. The normalized spacial score (nSPS) is 19.3. The molecule has 8 aromatic rings. The molecule has 3 N–H and O–H groups in total. The summed E-state index contributed by atoms with van der Waals surface area (Å²) in [5.74, 6) is -35.4. The fourth-order valence-electron chi connectivity index (χ4n) is 13.0. The number of nitrogens with zero attached hydrogens (tertiary/aromatic N) is 3. The zero-order valence-electron chi connectivity index (χ0n) is 55.9. The molecule has 0 aliphatic carbocycles. The summed E-state index contributed by atoms with van der Waals surface area (Å²) in [6, 6.07) is 17.1. The van der Waals surface area contributed by atoms with Crippen molar-refractivity contribution in [3.8, 4) is 34.5 Å². The largest absolute Gasteiger partial charge is 0.493 e. The number of ether oxygens (including phenoxy) is 6. The van der Waals surface area contributed by atoms with Crippen molar-refractivity contribution in [3.63, 3.8) is 0 Å². The molecule has 13 rings (SSSR count). The highest BCUT2D eigenvalue weighted by atomic mass is 19.2. The summed E-state index contributed by atoms with van der Waals surface area (Å²) in [5.41, 5.74) is -9.88. The lowest BCUT2D eigenvalue weighted by Gasteiger charge is -2.22. The Kier molecular flexibility index (Phi) is 19.8. The molecule has 12 bridgehead atoms. The van der Waals surface area contributed by atoms with Gasteiger partial charge in [0.15, 0.2) is 69.8 Å². The lowest BCUT2D eigenvalue weighted by atomic mass is 9.95. The molecule has 538 valence electrons. The summed E-state index contributed by atoms with van der Waals surface area (Å²) in [4.78, 5) is 20.7. The summed E-state index contributed by atoms with van der Waals surface area (Å²) in [6.07, 6.45) is 9.84. The molecule has 0 radical (unpaired) electrons. The molecule has 1 unspecified atom stereocenters. The Morgan fingerprint density at radius 1 is 0.295 bits per heavy atom. The summed E-state index contributed by atoms with van der Waals surface area (Å²) in [5, 5.41) is 2.56. The van der Waals surface area contributed by atoms with Crippen LogP contribution in [0.1, 0.15) is 86.3 Å². The molecule has 0 fully saturated rings. The number of fused-ring (bicyclic) bond motifs is 9. The SMILES string of the molecule is CCOc1cccc(OCC)c1/C1=C2\C=CC(=N2)/C(c2c(F)c(F)c(F)c(F)c2F)=c2/cc/c([nH]2)=C(\c2c(OCC)cccc2OCC)C2=N/C(=C(\c3c(F)c(F)c(F)c(F)c3F)C3C=C/C(=C(\c4c(OCC)cccc4OCC)c4ccc([nH]4)/C(c4c(F)c(F)c(F)c(F)c4F)=C4/C=CC1=N4)N3)C=C2. The van der Waals surface area contributed by atoms with E-state index in [9.17, 15) is 0 Å². The summed E-state index contributed by atoms with van der Waals surface area (Å²) in [7, 11) is 0. The van der Waals surface area contributed by atoms with Gasteiger partial charge in [0.1, 0.15) is 34.5 Å². The molecule has 5 aliphatic rings. The highest BCUT2D eigenvalue weighted by molar-refractivity contribution is 6.36. The first-order chi connectivity index (χ1) is 50.6. The van der Waals surface area contributed by atoms with Gasteiger partial charge in [0.25, 0.3) is 0 Å². The number of benzene rings is 6. The van der Waals surface area contributed by atoms with Crippen LogP contribution in [0.4, 0.5) is 65.9 Å². The van der Waals surface area contributed by atoms with Crippen LogP contribution < -0.4 is 44.4 Å². The number of rotatable bonds is 18. The van der Waals surface area contributed by atoms with Crippen molar-refractivity contribution in [3.05, 3.63) is 293 Å². The van der Waals surface area contributed by atoms with Gasteiger partial charge in [0, 0.05) is 61.2 Å². The number of hydrogen-bond acceptors (Lipinski definition) is 10. The monoisotopic (exact) mass is 1460 g/mol. The Balaban J connectivity index is 1.25. The van der Waals surface area contributed by atoms with Crippen LogP contribution >= 0.6 is 0 Å². The van der Waals surface area contributed by atoms with Gasteiger partial charge < -0.3 is 43.7 Å². The molecule has 7 heterocycles. The first-order valence-corrected chi connectivity index (χ1v) is 32.7. The number of halogens is 15. The van der Waals surface area contributed by atoms with Gasteiger partial charge in [-0.15, -0.1) is 0 Å². The maximum absolute atomic E-state index is 17.0. The van der Waals surface area contributed by atoms with Crippen molar-refractivity contribution >= 4 is 50.6 Å². The number of aromatic amines is 2. The standard InChI is InChI=1S/C78H55F15N6O6/c1-7-100-46-16-13-17-47(101-8-2)58(46)52-34-22-28-40(94-34)55(61-64(79)70(85)76(91)71(86)65(61)80)42-30-24-36(96-42)53(59-48(102-9-3)18-14-19-49(59)103-10-4)38-26-32-44(98-38)57(63-68(83)74(89)78(93)75(90)69(63)84)45-33-27-39(99-45)54(60-50(104-11-5)20-15-21-51(60)105-12-6)37-25-31-43(97-37)56(41-29-23-35(52)95-41)62-66(81)72(87)77(92)73(88)67(62)82/h13-33,40,94-95,98H,7-12H2,1-6H3/b52-34+,53-38+,54-39+,55-42-,56-43+,57-44+. The topological polar surface area (TPSA) is 136 Å². The van der Waals surface area contributed by atoms with Crippen LogP contribution in [-0.4, -0.2) is 72.8 Å². The number of hydrogen-bond donors (Lipinski definition) is 3. The van der Waals surface area contributed by atoms with Gasteiger partial charge in [-0.2, -0.15) is 0 Å². The minimum absolute atomic E-state index is 0.00425. The smallest absolute Gasteiger partial charge is 0.200 e. The van der Waals surface area contributed by atoms with Gasteiger partial charge >= 0.3 is 0 Å². The molecule has 12 nitrogen and oxygen atoms in total. The van der Waals surface area contributed by atoms with E-state index >= 15 is 65.9 Å². The highest BCUT2D eigenvalue weighted by Crippen LogP contribution is 2.48. The fourth-order valence-corrected chi connectivity index (χ4v) is 13.0. The van der Waals surface area contributed by atoms with E-state index in [2.05, 4.69) is 15.3 Å². The lowest BCUT2D eigenvalue weighted by molar-refractivity contribution is 0.321. The zero-order valence-corrected chi connectivity index (χ0v) is 55.9.